The highest BCUT2D eigenvalue weighted by Crippen LogP contribution is 2.23. The third-order valence-electron chi connectivity index (χ3n) is 4.70. The Balaban J connectivity index is 1.90. The number of nitrogens with zero attached hydrogens (tertiary/aromatic N) is 1. The van der Waals surface area contributed by atoms with Gasteiger partial charge in [0.05, 0.1) is 12.6 Å². The van der Waals surface area contributed by atoms with Crippen LogP contribution in [0.5, 0.6) is 0 Å². The number of carbonyl (C=O) groups excluding carboxylic acids is 1. The largest absolute Gasteiger partial charge is 0.393 e. The highest BCUT2D eigenvalue weighted by Gasteiger charge is 2.31. The summed E-state index contributed by atoms with van der Waals surface area (Å²) in [5.74, 6) is -0.0585. The fourth-order valence-corrected chi connectivity index (χ4v) is 3.65. The Labute approximate surface area is 121 Å². The number of piperidine rings is 1. The van der Waals surface area contributed by atoms with Crippen molar-refractivity contribution < 1.29 is 9.90 Å². The Bertz CT molecular complexity index is 316. The van der Waals surface area contributed by atoms with Gasteiger partial charge in [0.1, 0.15) is 0 Å². The first-order chi connectivity index (χ1) is 9.54. The van der Waals surface area contributed by atoms with E-state index in [-0.39, 0.29) is 17.9 Å². The van der Waals surface area contributed by atoms with E-state index in [1.54, 1.807) is 0 Å². The summed E-state index contributed by atoms with van der Waals surface area (Å²) in [6, 6.07) is 0.975. The molecule has 2 rings (SSSR count). The van der Waals surface area contributed by atoms with Gasteiger partial charge in [0.15, 0.2) is 0 Å². The van der Waals surface area contributed by atoms with Crippen molar-refractivity contribution in [2.24, 2.45) is 11.7 Å². The number of likely N-dealkylation sites (tertiary alicyclic amines) is 1. The van der Waals surface area contributed by atoms with Gasteiger partial charge in [-0.15, -0.1) is 0 Å². The highest BCUT2D eigenvalue weighted by atomic mass is 16.3. The number of aliphatic hydroxyl groups is 1. The van der Waals surface area contributed by atoms with E-state index in [1.807, 2.05) is 6.92 Å². The minimum atomic E-state index is -0.332. The molecule has 3 unspecified atom stereocenters. The first kappa shape index (κ1) is 15.7. The van der Waals surface area contributed by atoms with Crippen molar-refractivity contribution in [2.75, 3.05) is 19.6 Å². The number of hydrogen-bond acceptors (Lipinski definition) is 4. The molecule has 116 valence electrons. The number of carbonyl (C=O) groups is 1. The summed E-state index contributed by atoms with van der Waals surface area (Å²) in [6.45, 7) is 3.77. The van der Waals surface area contributed by atoms with Gasteiger partial charge in [-0.1, -0.05) is 19.3 Å². The minimum absolute atomic E-state index is 0.226. The summed E-state index contributed by atoms with van der Waals surface area (Å²) in [4.78, 5) is 13.2. The summed E-state index contributed by atoms with van der Waals surface area (Å²) >= 11 is 0. The number of nitrogens with one attached hydrogen (secondary N) is 1. The van der Waals surface area contributed by atoms with E-state index >= 15 is 0 Å². The molecule has 0 aromatic heterocycles. The zero-order valence-corrected chi connectivity index (χ0v) is 12.6. The van der Waals surface area contributed by atoms with Crippen molar-refractivity contribution >= 4 is 5.91 Å². The maximum atomic E-state index is 11.1. The van der Waals surface area contributed by atoms with Crippen molar-refractivity contribution in [1.82, 2.24) is 10.2 Å². The zero-order chi connectivity index (χ0) is 14.5. The molecule has 3 atom stereocenters. The third kappa shape index (κ3) is 4.72. The van der Waals surface area contributed by atoms with Crippen molar-refractivity contribution in [3.05, 3.63) is 0 Å². The third-order valence-corrected chi connectivity index (χ3v) is 4.70. The van der Waals surface area contributed by atoms with Crippen molar-refractivity contribution in [1.29, 1.82) is 0 Å². The lowest BCUT2D eigenvalue weighted by Crippen LogP contribution is -2.55. The molecule has 1 aliphatic carbocycles. The molecule has 0 aromatic rings. The molecule has 20 heavy (non-hydrogen) atoms. The van der Waals surface area contributed by atoms with E-state index in [0.717, 1.165) is 19.5 Å². The Hall–Kier alpha value is -0.650. The van der Waals surface area contributed by atoms with Gasteiger partial charge in [0, 0.05) is 25.2 Å². The first-order valence-electron chi connectivity index (χ1n) is 7.99. The Morgan fingerprint density at radius 2 is 2.00 bits per heavy atom. The number of rotatable bonds is 5. The molecule has 5 nitrogen and oxygen atoms in total. The quantitative estimate of drug-likeness (QED) is 0.685. The van der Waals surface area contributed by atoms with Gasteiger partial charge in [0.2, 0.25) is 5.91 Å². The molecule has 0 radical (unpaired) electrons. The van der Waals surface area contributed by atoms with Crippen LogP contribution in [0.25, 0.3) is 0 Å². The van der Waals surface area contributed by atoms with E-state index in [4.69, 9.17) is 5.73 Å². The normalized spacial score (nSPS) is 31.1. The fourth-order valence-electron chi connectivity index (χ4n) is 3.65. The Morgan fingerprint density at radius 3 is 2.60 bits per heavy atom. The molecule has 4 N–H and O–H groups in total. The molecule has 1 saturated carbocycles. The molecular weight excluding hydrogens is 254 g/mol. The molecule has 1 aliphatic heterocycles. The van der Waals surface area contributed by atoms with Gasteiger partial charge in [-0.05, 0) is 32.1 Å². The maximum absolute atomic E-state index is 11.1. The Kier molecular flexibility index (Phi) is 5.81. The molecule has 5 heteroatoms. The fraction of sp³-hybridized carbons (Fsp3) is 0.933. The van der Waals surface area contributed by atoms with Gasteiger partial charge in [-0.25, -0.2) is 0 Å². The van der Waals surface area contributed by atoms with Crippen LogP contribution in [0.3, 0.4) is 0 Å². The summed E-state index contributed by atoms with van der Waals surface area (Å²) in [5.41, 5.74) is 5.31. The van der Waals surface area contributed by atoms with Crippen LogP contribution >= 0.6 is 0 Å². The van der Waals surface area contributed by atoms with Crippen molar-refractivity contribution in [2.45, 2.75) is 63.6 Å². The standard InChI is InChI=1S/C15H29N3O2/c1-11(19)12-7-14(9-18(8-12)10-15(16)20)17-13-5-3-2-4-6-13/h11-14,17,19H,2-10H2,1H3,(H2,16,20). The van der Waals surface area contributed by atoms with Gasteiger partial charge in [-0.2, -0.15) is 0 Å². The number of amides is 1. The summed E-state index contributed by atoms with van der Waals surface area (Å²) in [5, 5.41) is 13.6. The average Bonchev–Trinajstić information content (AvgIpc) is 2.38. The predicted octanol–water partition coefficient (Wildman–Crippen LogP) is 0.465. The average molecular weight is 283 g/mol. The van der Waals surface area contributed by atoms with E-state index in [1.165, 1.54) is 32.1 Å². The smallest absolute Gasteiger partial charge is 0.231 e. The van der Waals surface area contributed by atoms with Gasteiger partial charge in [-0.3, -0.25) is 9.69 Å². The van der Waals surface area contributed by atoms with E-state index in [0.29, 0.717) is 18.6 Å². The molecule has 1 heterocycles. The van der Waals surface area contributed by atoms with E-state index < -0.39 is 0 Å². The Morgan fingerprint density at radius 1 is 1.30 bits per heavy atom. The highest BCUT2D eigenvalue weighted by molar-refractivity contribution is 5.75. The lowest BCUT2D eigenvalue weighted by molar-refractivity contribution is -0.120. The maximum Gasteiger partial charge on any atom is 0.231 e. The molecule has 0 aromatic carbocycles. The molecule has 2 aliphatic rings. The SMILES string of the molecule is CC(O)C1CC(NC2CCCCC2)CN(CC(N)=O)C1. The lowest BCUT2D eigenvalue weighted by Gasteiger charge is -2.40. The van der Waals surface area contributed by atoms with E-state index in [9.17, 15) is 9.90 Å². The molecular formula is C15H29N3O2. The van der Waals surface area contributed by atoms with Crippen molar-refractivity contribution in [3.8, 4) is 0 Å². The second-order valence-electron chi connectivity index (χ2n) is 6.60. The van der Waals surface area contributed by atoms with Gasteiger partial charge < -0.3 is 16.2 Å². The topological polar surface area (TPSA) is 78.6 Å². The van der Waals surface area contributed by atoms with Crippen LogP contribution in [0.2, 0.25) is 0 Å². The van der Waals surface area contributed by atoms with Crippen LogP contribution in [-0.4, -0.2) is 53.7 Å². The van der Waals surface area contributed by atoms with Crippen LogP contribution in [0.4, 0.5) is 0 Å². The zero-order valence-electron chi connectivity index (χ0n) is 12.6. The van der Waals surface area contributed by atoms with Crippen LogP contribution in [-0.2, 0) is 4.79 Å². The van der Waals surface area contributed by atoms with Crippen LogP contribution in [0, 0.1) is 5.92 Å². The van der Waals surface area contributed by atoms with Crippen molar-refractivity contribution in [3.63, 3.8) is 0 Å². The van der Waals surface area contributed by atoms with E-state index in [2.05, 4.69) is 10.2 Å². The summed E-state index contributed by atoms with van der Waals surface area (Å²) in [7, 11) is 0. The molecule has 1 saturated heterocycles. The van der Waals surface area contributed by atoms with Crippen LogP contribution < -0.4 is 11.1 Å². The monoisotopic (exact) mass is 283 g/mol. The second-order valence-corrected chi connectivity index (χ2v) is 6.60. The minimum Gasteiger partial charge on any atom is -0.393 e. The van der Waals surface area contributed by atoms with Gasteiger partial charge in [0.25, 0.3) is 0 Å². The number of primary amides is 1. The number of hydrogen-bond donors (Lipinski definition) is 3. The second kappa shape index (κ2) is 7.38. The van der Waals surface area contributed by atoms with Crippen LogP contribution in [0.15, 0.2) is 0 Å². The summed E-state index contributed by atoms with van der Waals surface area (Å²) in [6.07, 6.45) is 7.15. The number of nitrogens with two attached hydrogens (primary N) is 1. The van der Waals surface area contributed by atoms with Gasteiger partial charge >= 0.3 is 0 Å². The number of aliphatic hydroxyl groups excluding tert-OH is 1. The molecule has 0 bridgehead atoms. The predicted molar refractivity (Wildman–Crippen MR) is 79.2 cm³/mol. The lowest BCUT2D eigenvalue weighted by atomic mass is 9.88. The molecule has 2 fully saturated rings. The molecule has 1 amide bonds. The van der Waals surface area contributed by atoms with Crippen LogP contribution in [0.1, 0.15) is 45.4 Å². The summed E-state index contributed by atoms with van der Waals surface area (Å²) < 4.78 is 0. The first-order valence-corrected chi connectivity index (χ1v) is 7.99. The molecule has 0 spiro atoms.